The molecule has 2 heterocycles. The third-order valence-electron chi connectivity index (χ3n) is 2.72. The monoisotopic (exact) mass is 240 g/mol. The summed E-state index contributed by atoms with van der Waals surface area (Å²) in [6.45, 7) is 0. The first-order chi connectivity index (χ1) is 8.34. The molecule has 0 spiro atoms. The Hall–Kier alpha value is -1.87. The van der Waals surface area contributed by atoms with Crippen molar-refractivity contribution in [2.24, 2.45) is 7.05 Å². The maximum atomic E-state index is 4.56. The minimum Gasteiger partial charge on any atom is -0.267 e. The molecule has 0 radical (unpaired) electrons. The molecule has 0 aliphatic carbocycles. The van der Waals surface area contributed by atoms with Gasteiger partial charge in [0.15, 0.2) is 0 Å². The fraction of sp³-hybridized carbons (Fsp3) is 0.0714. The highest BCUT2D eigenvalue weighted by Gasteiger charge is 2.08. The lowest BCUT2D eigenvalue weighted by Gasteiger charge is -1.99. The van der Waals surface area contributed by atoms with Gasteiger partial charge in [0.05, 0.1) is 10.6 Å². The van der Waals surface area contributed by atoms with Crippen LogP contribution in [0, 0.1) is 0 Å². The molecule has 2 nitrogen and oxygen atoms in total. The molecular weight excluding hydrogens is 228 g/mol. The second-order valence-corrected chi connectivity index (χ2v) is 4.83. The van der Waals surface area contributed by atoms with Gasteiger partial charge in [0, 0.05) is 7.05 Å². The van der Waals surface area contributed by atoms with Gasteiger partial charge in [-0.15, -0.1) is 11.3 Å². The molecule has 0 atom stereocenters. The zero-order valence-corrected chi connectivity index (χ0v) is 10.3. The van der Waals surface area contributed by atoms with Crippen molar-refractivity contribution >= 4 is 11.3 Å². The van der Waals surface area contributed by atoms with E-state index < -0.39 is 0 Å². The van der Waals surface area contributed by atoms with Crippen molar-refractivity contribution < 1.29 is 0 Å². The van der Waals surface area contributed by atoms with Crippen LogP contribution in [0.2, 0.25) is 0 Å². The molecule has 17 heavy (non-hydrogen) atoms. The summed E-state index contributed by atoms with van der Waals surface area (Å²) < 4.78 is 1.93. The maximum absolute atomic E-state index is 4.56. The maximum Gasteiger partial charge on any atom is 0.103 e. The number of nitrogens with zero attached hydrogens (tertiary/aromatic N) is 2. The molecule has 84 valence electrons. The average molecular weight is 240 g/mol. The molecule has 3 heteroatoms. The molecule has 0 aliphatic rings. The van der Waals surface area contributed by atoms with Gasteiger partial charge in [-0.2, -0.15) is 5.10 Å². The lowest BCUT2D eigenvalue weighted by molar-refractivity contribution is 0.779. The average Bonchev–Trinajstić information content (AvgIpc) is 2.99. The van der Waals surface area contributed by atoms with Gasteiger partial charge in [0.25, 0.3) is 0 Å². The van der Waals surface area contributed by atoms with Crippen LogP contribution >= 0.6 is 11.3 Å². The number of hydrogen-bond acceptors (Lipinski definition) is 2. The Morgan fingerprint density at radius 3 is 2.59 bits per heavy atom. The van der Waals surface area contributed by atoms with E-state index in [1.165, 1.54) is 10.4 Å². The zero-order chi connectivity index (χ0) is 11.7. The zero-order valence-electron chi connectivity index (χ0n) is 9.50. The number of rotatable bonds is 2. The summed E-state index contributed by atoms with van der Waals surface area (Å²) in [4.78, 5) is 1.21. The SMILES string of the molecule is Cn1nc(-c2cccs2)cc1-c1ccccc1. The van der Waals surface area contributed by atoms with Crippen molar-refractivity contribution in [3.05, 3.63) is 53.9 Å². The van der Waals surface area contributed by atoms with Crippen LogP contribution in [-0.2, 0) is 7.05 Å². The Labute approximate surface area is 104 Å². The first-order valence-electron chi connectivity index (χ1n) is 5.48. The molecule has 0 unspecified atom stereocenters. The van der Waals surface area contributed by atoms with Crippen molar-refractivity contribution in [1.82, 2.24) is 9.78 Å². The van der Waals surface area contributed by atoms with Gasteiger partial charge in [-0.1, -0.05) is 36.4 Å². The summed E-state index contributed by atoms with van der Waals surface area (Å²) in [6.07, 6.45) is 0. The van der Waals surface area contributed by atoms with E-state index in [1.807, 2.05) is 29.9 Å². The van der Waals surface area contributed by atoms with Crippen LogP contribution in [0.3, 0.4) is 0 Å². The van der Waals surface area contributed by atoms with Crippen LogP contribution in [0.15, 0.2) is 53.9 Å². The van der Waals surface area contributed by atoms with Crippen LogP contribution in [0.25, 0.3) is 21.8 Å². The van der Waals surface area contributed by atoms with Crippen LogP contribution in [0.4, 0.5) is 0 Å². The molecule has 0 bridgehead atoms. The summed E-state index contributed by atoms with van der Waals surface area (Å²) in [7, 11) is 1.99. The summed E-state index contributed by atoms with van der Waals surface area (Å²) in [5.74, 6) is 0. The third-order valence-corrected chi connectivity index (χ3v) is 3.62. The quantitative estimate of drug-likeness (QED) is 0.666. The molecule has 0 saturated heterocycles. The van der Waals surface area contributed by atoms with Gasteiger partial charge < -0.3 is 0 Å². The van der Waals surface area contributed by atoms with Gasteiger partial charge in [-0.05, 0) is 23.1 Å². The second kappa shape index (κ2) is 4.18. The van der Waals surface area contributed by atoms with Crippen LogP contribution in [0.1, 0.15) is 0 Å². The van der Waals surface area contributed by atoms with E-state index in [1.54, 1.807) is 11.3 Å². The lowest BCUT2D eigenvalue weighted by atomic mass is 10.1. The number of hydrogen-bond donors (Lipinski definition) is 0. The fourth-order valence-electron chi connectivity index (χ4n) is 1.89. The smallest absolute Gasteiger partial charge is 0.103 e. The van der Waals surface area contributed by atoms with Crippen molar-refractivity contribution in [3.8, 4) is 21.8 Å². The number of aryl methyl sites for hydroxylation is 1. The minimum absolute atomic E-state index is 1.04. The lowest BCUT2D eigenvalue weighted by Crippen LogP contribution is -1.93. The number of thiophene rings is 1. The summed E-state index contributed by atoms with van der Waals surface area (Å²) in [6, 6.07) is 16.6. The summed E-state index contributed by atoms with van der Waals surface area (Å²) in [5.41, 5.74) is 3.39. The molecule has 3 aromatic rings. The highest BCUT2D eigenvalue weighted by molar-refractivity contribution is 7.13. The molecule has 0 fully saturated rings. The van der Waals surface area contributed by atoms with E-state index in [-0.39, 0.29) is 0 Å². The normalized spacial score (nSPS) is 10.6. The van der Waals surface area contributed by atoms with Gasteiger partial charge in [0.2, 0.25) is 0 Å². The molecule has 0 saturated carbocycles. The van der Waals surface area contributed by atoms with E-state index in [0.29, 0.717) is 0 Å². The number of benzene rings is 1. The van der Waals surface area contributed by atoms with Crippen LogP contribution < -0.4 is 0 Å². The highest BCUT2D eigenvalue weighted by Crippen LogP contribution is 2.28. The molecule has 0 N–H and O–H groups in total. The van der Waals surface area contributed by atoms with Gasteiger partial charge >= 0.3 is 0 Å². The Morgan fingerprint density at radius 2 is 1.88 bits per heavy atom. The predicted molar refractivity (Wildman–Crippen MR) is 72.0 cm³/mol. The van der Waals surface area contributed by atoms with Crippen LogP contribution in [0.5, 0.6) is 0 Å². The van der Waals surface area contributed by atoms with Crippen molar-refractivity contribution in [3.63, 3.8) is 0 Å². The van der Waals surface area contributed by atoms with Crippen molar-refractivity contribution in [2.45, 2.75) is 0 Å². The summed E-state index contributed by atoms with van der Waals surface area (Å²) >= 11 is 1.72. The molecule has 3 rings (SSSR count). The topological polar surface area (TPSA) is 17.8 Å². The summed E-state index contributed by atoms with van der Waals surface area (Å²) in [5, 5.41) is 6.63. The molecule has 0 amide bonds. The first-order valence-corrected chi connectivity index (χ1v) is 6.36. The molecule has 1 aromatic carbocycles. The van der Waals surface area contributed by atoms with Gasteiger partial charge in [0.1, 0.15) is 5.69 Å². The Balaban J connectivity index is 2.08. The van der Waals surface area contributed by atoms with Gasteiger partial charge in [-0.25, -0.2) is 0 Å². The first kappa shape index (κ1) is 10.3. The fourth-order valence-corrected chi connectivity index (χ4v) is 2.57. The molecule has 0 aliphatic heterocycles. The molecular formula is C14H12N2S. The van der Waals surface area contributed by atoms with E-state index in [4.69, 9.17) is 0 Å². The Morgan fingerprint density at radius 1 is 1.06 bits per heavy atom. The van der Waals surface area contributed by atoms with E-state index in [2.05, 4.69) is 40.8 Å². The van der Waals surface area contributed by atoms with E-state index in [9.17, 15) is 0 Å². The molecule has 2 aromatic heterocycles. The second-order valence-electron chi connectivity index (χ2n) is 3.88. The predicted octanol–water partition coefficient (Wildman–Crippen LogP) is 3.82. The van der Waals surface area contributed by atoms with E-state index in [0.717, 1.165) is 11.4 Å². The third kappa shape index (κ3) is 1.89. The minimum atomic E-state index is 1.04. The largest absolute Gasteiger partial charge is 0.267 e. The Kier molecular flexibility index (Phi) is 2.53. The van der Waals surface area contributed by atoms with Crippen LogP contribution in [-0.4, -0.2) is 9.78 Å². The highest BCUT2D eigenvalue weighted by atomic mass is 32.1. The number of aromatic nitrogens is 2. The van der Waals surface area contributed by atoms with Crippen molar-refractivity contribution in [1.29, 1.82) is 0 Å². The van der Waals surface area contributed by atoms with Gasteiger partial charge in [-0.3, -0.25) is 4.68 Å². The van der Waals surface area contributed by atoms with E-state index >= 15 is 0 Å². The standard InChI is InChI=1S/C14H12N2S/c1-16-13(11-6-3-2-4-7-11)10-12(15-16)14-8-5-9-17-14/h2-10H,1H3. The Bertz CT molecular complexity index is 609. The van der Waals surface area contributed by atoms with Crippen molar-refractivity contribution in [2.75, 3.05) is 0 Å².